The van der Waals surface area contributed by atoms with E-state index in [1.165, 1.54) is 44.5 Å². The lowest BCUT2D eigenvalue weighted by molar-refractivity contribution is 0.173. The Labute approximate surface area is 130 Å². The molecular formula is C16H23BrClN. The third-order valence-corrected chi connectivity index (χ3v) is 5.22. The Morgan fingerprint density at radius 1 is 1.21 bits per heavy atom. The molecule has 3 heteroatoms. The predicted molar refractivity (Wildman–Crippen MR) is 88.4 cm³/mol. The molecule has 106 valence electrons. The SMILES string of the molecule is CCCC1(CCC)CN(c2cc(Cl)c(C)cc2Br)C1. The first-order chi connectivity index (χ1) is 9.01. The lowest BCUT2D eigenvalue weighted by atomic mass is 9.72. The average molecular weight is 345 g/mol. The van der Waals surface area contributed by atoms with E-state index in [0.717, 1.165) is 15.1 Å². The van der Waals surface area contributed by atoms with Crippen LogP contribution in [0.15, 0.2) is 16.6 Å². The maximum absolute atomic E-state index is 6.26. The van der Waals surface area contributed by atoms with Crippen molar-refractivity contribution in [2.75, 3.05) is 18.0 Å². The first-order valence-electron chi connectivity index (χ1n) is 7.22. The van der Waals surface area contributed by atoms with Gasteiger partial charge in [-0.15, -0.1) is 0 Å². The fourth-order valence-electron chi connectivity index (χ4n) is 3.31. The first kappa shape index (κ1) is 15.2. The van der Waals surface area contributed by atoms with Crippen molar-refractivity contribution in [3.8, 4) is 0 Å². The molecule has 0 saturated carbocycles. The minimum absolute atomic E-state index is 0.542. The molecule has 1 saturated heterocycles. The van der Waals surface area contributed by atoms with Gasteiger partial charge in [-0.1, -0.05) is 38.3 Å². The van der Waals surface area contributed by atoms with Gasteiger partial charge in [-0.05, 0) is 53.4 Å². The van der Waals surface area contributed by atoms with Gasteiger partial charge in [-0.2, -0.15) is 0 Å². The van der Waals surface area contributed by atoms with Crippen molar-refractivity contribution in [1.29, 1.82) is 0 Å². The number of hydrogen-bond acceptors (Lipinski definition) is 1. The summed E-state index contributed by atoms with van der Waals surface area (Å²) in [7, 11) is 0. The van der Waals surface area contributed by atoms with Crippen molar-refractivity contribution in [3.63, 3.8) is 0 Å². The van der Waals surface area contributed by atoms with Crippen LogP contribution in [0.3, 0.4) is 0 Å². The van der Waals surface area contributed by atoms with Gasteiger partial charge in [-0.25, -0.2) is 0 Å². The van der Waals surface area contributed by atoms with E-state index in [1.807, 2.05) is 6.92 Å². The molecule has 0 atom stereocenters. The number of rotatable bonds is 5. The zero-order valence-electron chi connectivity index (χ0n) is 12.1. The van der Waals surface area contributed by atoms with Gasteiger partial charge in [-0.3, -0.25) is 0 Å². The second kappa shape index (κ2) is 6.05. The molecule has 0 aromatic heterocycles. The molecule has 19 heavy (non-hydrogen) atoms. The number of anilines is 1. The van der Waals surface area contributed by atoms with Gasteiger partial charge in [0.15, 0.2) is 0 Å². The van der Waals surface area contributed by atoms with E-state index in [0.29, 0.717) is 5.41 Å². The topological polar surface area (TPSA) is 3.24 Å². The standard InChI is InChI=1S/C16H23BrClN/c1-4-6-16(7-5-2)10-19(11-16)15-9-14(18)12(3)8-13(15)17/h8-9H,4-7,10-11H2,1-3H3. The van der Waals surface area contributed by atoms with Gasteiger partial charge in [0.05, 0.1) is 5.69 Å². The minimum Gasteiger partial charge on any atom is -0.369 e. The summed E-state index contributed by atoms with van der Waals surface area (Å²) in [6.07, 6.45) is 5.25. The first-order valence-corrected chi connectivity index (χ1v) is 8.39. The zero-order valence-corrected chi connectivity index (χ0v) is 14.4. The molecule has 0 amide bonds. The zero-order chi connectivity index (χ0) is 14.0. The maximum Gasteiger partial charge on any atom is 0.0526 e. The second-order valence-corrected chi connectivity index (χ2v) is 7.17. The molecule has 1 fully saturated rings. The highest BCUT2D eigenvalue weighted by atomic mass is 79.9. The van der Waals surface area contributed by atoms with Crippen LogP contribution < -0.4 is 4.90 Å². The van der Waals surface area contributed by atoms with E-state index in [1.54, 1.807) is 0 Å². The van der Waals surface area contributed by atoms with Crippen molar-refractivity contribution in [2.45, 2.75) is 46.5 Å². The molecule has 1 heterocycles. The average Bonchev–Trinajstić information content (AvgIpc) is 2.31. The van der Waals surface area contributed by atoms with E-state index in [-0.39, 0.29) is 0 Å². The fraction of sp³-hybridized carbons (Fsp3) is 0.625. The summed E-state index contributed by atoms with van der Waals surface area (Å²) in [5.41, 5.74) is 2.92. The van der Waals surface area contributed by atoms with Crippen LogP contribution in [0.2, 0.25) is 5.02 Å². The monoisotopic (exact) mass is 343 g/mol. The Morgan fingerprint density at radius 3 is 2.32 bits per heavy atom. The van der Waals surface area contributed by atoms with Crippen molar-refractivity contribution < 1.29 is 0 Å². The van der Waals surface area contributed by atoms with Crippen molar-refractivity contribution in [1.82, 2.24) is 0 Å². The minimum atomic E-state index is 0.542. The van der Waals surface area contributed by atoms with Gasteiger partial charge in [0.25, 0.3) is 0 Å². The molecule has 1 aliphatic heterocycles. The van der Waals surface area contributed by atoms with E-state index in [2.05, 4.69) is 46.8 Å². The Hall–Kier alpha value is -0.210. The van der Waals surface area contributed by atoms with E-state index in [9.17, 15) is 0 Å². The second-order valence-electron chi connectivity index (χ2n) is 5.91. The summed E-state index contributed by atoms with van der Waals surface area (Å²) >= 11 is 9.93. The number of nitrogens with zero attached hydrogens (tertiary/aromatic N) is 1. The third-order valence-electron chi connectivity index (χ3n) is 4.18. The number of aryl methyl sites for hydroxylation is 1. The Kier molecular flexibility index (Phi) is 4.84. The van der Waals surface area contributed by atoms with Crippen LogP contribution in [0.4, 0.5) is 5.69 Å². The summed E-state index contributed by atoms with van der Waals surface area (Å²) < 4.78 is 1.16. The molecule has 1 aliphatic rings. The van der Waals surface area contributed by atoms with Gasteiger partial charge in [0.2, 0.25) is 0 Å². The molecule has 1 aromatic rings. The molecule has 2 rings (SSSR count). The molecule has 1 aromatic carbocycles. The van der Waals surface area contributed by atoms with Crippen LogP contribution in [0.1, 0.15) is 45.1 Å². The van der Waals surface area contributed by atoms with E-state index in [4.69, 9.17) is 11.6 Å². The molecular weight excluding hydrogens is 322 g/mol. The smallest absolute Gasteiger partial charge is 0.0526 e. The van der Waals surface area contributed by atoms with Crippen molar-refractivity contribution in [3.05, 3.63) is 27.2 Å². The highest BCUT2D eigenvalue weighted by Gasteiger charge is 2.41. The Balaban J connectivity index is 2.13. The summed E-state index contributed by atoms with van der Waals surface area (Å²) in [6, 6.07) is 4.22. The fourth-order valence-corrected chi connectivity index (χ4v) is 4.18. The molecule has 0 spiro atoms. The summed E-state index contributed by atoms with van der Waals surface area (Å²) in [6.45, 7) is 8.97. The van der Waals surface area contributed by atoms with Crippen LogP contribution in [-0.2, 0) is 0 Å². The van der Waals surface area contributed by atoms with Crippen molar-refractivity contribution in [2.24, 2.45) is 5.41 Å². The van der Waals surface area contributed by atoms with E-state index >= 15 is 0 Å². The molecule has 0 N–H and O–H groups in total. The molecule has 0 bridgehead atoms. The van der Waals surface area contributed by atoms with Gasteiger partial charge in [0, 0.05) is 28.0 Å². The summed E-state index contributed by atoms with van der Waals surface area (Å²) in [4.78, 5) is 2.46. The normalized spacial score (nSPS) is 17.4. The quantitative estimate of drug-likeness (QED) is 0.650. The lowest BCUT2D eigenvalue weighted by Gasteiger charge is -2.52. The molecule has 1 nitrogen and oxygen atoms in total. The van der Waals surface area contributed by atoms with E-state index < -0.39 is 0 Å². The van der Waals surface area contributed by atoms with Gasteiger partial charge < -0.3 is 4.90 Å². The Bertz CT molecular complexity index is 444. The van der Waals surface area contributed by atoms with Crippen LogP contribution in [-0.4, -0.2) is 13.1 Å². The molecule has 0 radical (unpaired) electrons. The van der Waals surface area contributed by atoms with Crippen molar-refractivity contribution >= 4 is 33.2 Å². The highest BCUT2D eigenvalue weighted by molar-refractivity contribution is 9.10. The third kappa shape index (κ3) is 3.11. The number of halogens is 2. The van der Waals surface area contributed by atoms with Gasteiger partial charge in [0.1, 0.15) is 0 Å². The molecule has 0 unspecified atom stereocenters. The largest absolute Gasteiger partial charge is 0.369 e. The highest BCUT2D eigenvalue weighted by Crippen LogP contribution is 2.44. The summed E-state index contributed by atoms with van der Waals surface area (Å²) in [5.74, 6) is 0. The summed E-state index contributed by atoms with van der Waals surface area (Å²) in [5, 5.41) is 0.863. The predicted octanol–water partition coefficient (Wildman–Crippen LogP) is 5.82. The van der Waals surface area contributed by atoms with Crippen LogP contribution >= 0.6 is 27.5 Å². The van der Waals surface area contributed by atoms with Crippen LogP contribution in [0.25, 0.3) is 0 Å². The van der Waals surface area contributed by atoms with Crippen LogP contribution in [0, 0.1) is 12.3 Å². The molecule has 0 aliphatic carbocycles. The number of hydrogen-bond donors (Lipinski definition) is 0. The Morgan fingerprint density at radius 2 is 1.79 bits per heavy atom. The van der Waals surface area contributed by atoms with Crippen LogP contribution in [0.5, 0.6) is 0 Å². The maximum atomic E-state index is 6.26. The van der Waals surface area contributed by atoms with Gasteiger partial charge >= 0.3 is 0 Å². The lowest BCUT2D eigenvalue weighted by Crippen LogP contribution is -2.56. The number of benzene rings is 1.